The molecule has 2 aromatic rings. The molecule has 0 aliphatic carbocycles. The maximum Gasteiger partial charge on any atom is 0.0992 e. The van der Waals surface area contributed by atoms with Gasteiger partial charge < -0.3 is 9.88 Å². The minimum atomic E-state index is 0.382. The van der Waals surface area contributed by atoms with Gasteiger partial charge in [0, 0.05) is 30.0 Å². The molecule has 0 saturated carbocycles. The third-order valence-corrected chi connectivity index (χ3v) is 3.82. The van der Waals surface area contributed by atoms with Gasteiger partial charge in [0.25, 0.3) is 0 Å². The zero-order valence-corrected chi connectivity index (χ0v) is 12.5. The Morgan fingerprint density at radius 3 is 2.80 bits per heavy atom. The highest BCUT2D eigenvalue weighted by Crippen LogP contribution is 2.21. The van der Waals surface area contributed by atoms with Crippen molar-refractivity contribution in [3.05, 3.63) is 58.4 Å². The molecule has 1 aromatic carbocycles. The van der Waals surface area contributed by atoms with Crippen LogP contribution in [0, 0.1) is 11.3 Å². The predicted octanol–water partition coefficient (Wildman–Crippen LogP) is 3.73. The molecule has 0 bridgehead atoms. The van der Waals surface area contributed by atoms with Crippen LogP contribution in [0.5, 0.6) is 0 Å². The Labute approximate surface area is 124 Å². The average Bonchev–Trinajstić information content (AvgIpc) is 2.91. The van der Waals surface area contributed by atoms with Crippen molar-refractivity contribution in [1.29, 1.82) is 5.26 Å². The molecule has 1 atom stereocenters. The Morgan fingerprint density at radius 1 is 1.40 bits per heavy atom. The summed E-state index contributed by atoms with van der Waals surface area (Å²) < 4.78 is 2.11. The van der Waals surface area contributed by atoms with Crippen molar-refractivity contribution in [2.24, 2.45) is 0 Å². The van der Waals surface area contributed by atoms with Gasteiger partial charge in [-0.05, 0) is 42.8 Å². The SMILES string of the molecule is CCC(NC)c1ccn(Cc2ccc(C#N)cc2Cl)c1. The summed E-state index contributed by atoms with van der Waals surface area (Å²) in [6.07, 6.45) is 5.25. The zero-order valence-electron chi connectivity index (χ0n) is 11.7. The van der Waals surface area contributed by atoms with E-state index in [1.54, 1.807) is 12.1 Å². The Morgan fingerprint density at radius 2 is 2.20 bits per heavy atom. The summed E-state index contributed by atoms with van der Waals surface area (Å²) in [7, 11) is 1.98. The summed E-state index contributed by atoms with van der Waals surface area (Å²) in [6, 6.07) is 10.0. The van der Waals surface area contributed by atoms with Crippen LogP contribution in [0.15, 0.2) is 36.7 Å². The van der Waals surface area contributed by atoms with Gasteiger partial charge in [-0.15, -0.1) is 0 Å². The summed E-state index contributed by atoms with van der Waals surface area (Å²) in [5.41, 5.74) is 2.89. The van der Waals surface area contributed by atoms with E-state index in [1.807, 2.05) is 13.1 Å². The van der Waals surface area contributed by atoms with E-state index in [4.69, 9.17) is 16.9 Å². The second kappa shape index (κ2) is 6.60. The van der Waals surface area contributed by atoms with Gasteiger partial charge in [0.05, 0.1) is 11.6 Å². The largest absolute Gasteiger partial charge is 0.350 e. The summed E-state index contributed by atoms with van der Waals surface area (Å²) in [6.45, 7) is 2.88. The fraction of sp³-hybridized carbons (Fsp3) is 0.312. The monoisotopic (exact) mass is 287 g/mol. The van der Waals surface area contributed by atoms with Gasteiger partial charge in [-0.25, -0.2) is 0 Å². The maximum atomic E-state index is 8.84. The van der Waals surface area contributed by atoms with Crippen LogP contribution in [0.3, 0.4) is 0 Å². The number of hydrogen-bond donors (Lipinski definition) is 1. The van der Waals surface area contributed by atoms with Gasteiger partial charge in [-0.1, -0.05) is 24.6 Å². The Balaban J connectivity index is 2.17. The van der Waals surface area contributed by atoms with Gasteiger partial charge in [-0.3, -0.25) is 0 Å². The first-order valence-electron chi connectivity index (χ1n) is 6.69. The van der Waals surface area contributed by atoms with Crippen LogP contribution in [0.25, 0.3) is 0 Å². The maximum absolute atomic E-state index is 8.84. The molecule has 3 nitrogen and oxygen atoms in total. The Bertz CT molecular complexity index is 621. The summed E-state index contributed by atoms with van der Waals surface area (Å²) >= 11 is 6.21. The van der Waals surface area contributed by atoms with E-state index < -0.39 is 0 Å². The van der Waals surface area contributed by atoms with Gasteiger partial charge >= 0.3 is 0 Å². The van der Waals surface area contributed by atoms with E-state index in [9.17, 15) is 0 Å². The molecule has 0 saturated heterocycles. The standard InChI is InChI=1S/C16H18ClN3/c1-3-16(19-2)14-6-7-20(11-14)10-13-5-4-12(9-18)8-15(13)17/h4-8,11,16,19H,3,10H2,1-2H3. The van der Waals surface area contributed by atoms with Crippen LogP contribution in [-0.2, 0) is 6.54 Å². The fourth-order valence-corrected chi connectivity index (χ4v) is 2.55. The van der Waals surface area contributed by atoms with E-state index in [0.717, 1.165) is 12.0 Å². The summed E-state index contributed by atoms with van der Waals surface area (Å²) in [5, 5.41) is 12.8. The number of nitrogens with one attached hydrogen (secondary N) is 1. The smallest absolute Gasteiger partial charge is 0.0992 e. The predicted molar refractivity (Wildman–Crippen MR) is 81.8 cm³/mol. The highest BCUT2D eigenvalue weighted by atomic mass is 35.5. The molecule has 0 spiro atoms. The number of nitrogens with zero attached hydrogens (tertiary/aromatic N) is 2. The van der Waals surface area contributed by atoms with Crippen molar-refractivity contribution in [3.8, 4) is 6.07 Å². The van der Waals surface area contributed by atoms with E-state index in [1.165, 1.54) is 5.56 Å². The topological polar surface area (TPSA) is 40.8 Å². The van der Waals surface area contributed by atoms with E-state index >= 15 is 0 Å². The number of hydrogen-bond acceptors (Lipinski definition) is 2. The molecular weight excluding hydrogens is 270 g/mol. The van der Waals surface area contributed by atoms with Crippen molar-refractivity contribution >= 4 is 11.6 Å². The summed E-state index contributed by atoms with van der Waals surface area (Å²) in [5.74, 6) is 0. The lowest BCUT2D eigenvalue weighted by Crippen LogP contribution is -2.14. The number of benzene rings is 1. The fourth-order valence-electron chi connectivity index (χ4n) is 2.31. The van der Waals surface area contributed by atoms with Gasteiger partial charge in [0.1, 0.15) is 0 Å². The first-order valence-corrected chi connectivity index (χ1v) is 7.07. The second-order valence-electron chi connectivity index (χ2n) is 4.78. The number of aromatic nitrogens is 1. The third kappa shape index (κ3) is 3.22. The lowest BCUT2D eigenvalue weighted by atomic mass is 10.1. The molecule has 1 unspecified atom stereocenters. The van der Waals surface area contributed by atoms with Crippen molar-refractivity contribution in [3.63, 3.8) is 0 Å². The molecule has 104 valence electrons. The molecule has 2 rings (SSSR count). The first-order chi connectivity index (χ1) is 9.67. The van der Waals surface area contributed by atoms with Crippen LogP contribution in [0.1, 0.15) is 36.1 Å². The molecule has 0 aliphatic rings. The molecule has 20 heavy (non-hydrogen) atoms. The Kier molecular flexibility index (Phi) is 4.84. The minimum absolute atomic E-state index is 0.382. The third-order valence-electron chi connectivity index (χ3n) is 3.47. The molecule has 1 N–H and O–H groups in total. The highest BCUT2D eigenvalue weighted by molar-refractivity contribution is 6.31. The lowest BCUT2D eigenvalue weighted by Gasteiger charge is -2.11. The average molecular weight is 288 g/mol. The molecule has 0 amide bonds. The summed E-state index contributed by atoms with van der Waals surface area (Å²) in [4.78, 5) is 0. The lowest BCUT2D eigenvalue weighted by molar-refractivity contribution is 0.575. The van der Waals surface area contributed by atoms with Crippen molar-refractivity contribution < 1.29 is 0 Å². The quantitative estimate of drug-likeness (QED) is 0.910. The van der Waals surface area contributed by atoms with Crippen LogP contribution in [-0.4, -0.2) is 11.6 Å². The normalized spacial score (nSPS) is 12.1. The molecular formula is C16H18ClN3. The van der Waals surface area contributed by atoms with E-state index in [-0.39, 0.29) is 0 Å². The minimum Gasteiger partial charge on any atom is -0.350 e. The molecule has 1 aromatic heterocycles. The Hall–Kier alpha value is -1.76. The van der Waals surface area contributed by atoms with Gasteiger partial charge in [0.15, 0.2) is 0 Å². The van der Waals surface area contributed by atoms with Crippen molar-refractivity contribution in [2.45, 2.75) is 25.9 Å². The number of rotatable bonds is 5. The van der Waals surface area contributed by atoms with Gasteiger partial charge in [0.2, 0.25) is 0 Å². The molecule has 0 radical (unpaired) electrons. The highest BCUT2D eigenvalue weighted by Gasteiger charge is 2.09. The van der Waals surface area contributed by atoms with Crippen LogP contribution in [0.4, 0.5) is 0 Å². The zero-order chi connectivity index (χ0) is 14.5. The van der Waals surface area contributed by atoms with E-state index in [2.05, 4.69) is 41.3 Å². The molecule has 0 fully saturated rings. The number of nitriles is 1. The van der Waals surface area contributed by atoms with Crippen LogP contribution < -0.4 is 5.32 Å². The van der Waals surface area contributed by atoms with E-state index in [0.29, 0.717) is 23.2 Å². The van der Waals surface area contributed by atoms with Crippen LogP contribution >= 0.6 is 11.6 Å². The molecule has 0 aliphatic heterocycles. The molecule has 1 heterocycles. The van der Waals surface area contributed by atoms with Crippen molar-refractivity contribution in [1.82, 2.24) is 9.88 Å². The van der Waals surface area contributed by atoms with Crippen molar-refractivity contribution in [2.75, 3.05) is 7.05 Å². The van der Waals surface area contributed by atoms with Crippen LogP contribution in [0.2, 0.25) is 5.02 Å². The van der Waals surface area contributed by atoms with Gasteiger partial charge in [-0.2, -0.15) is 5.26 Å². The second-order valence-corrected chi connectivity index (χ2v) is 5.19. The number of halogens is 1. The molecule has 4 heteroatoms. The first kappa shape index (κ1) is 14.6.